The smallest absolute Gasteiger partial charge is 0.253 e. The van der Waals surface area contributed by atoms with Gasteiger partial charge in [-0.3, -0.25) is 4.79 Å². The van der Waals surface area contributed by atoms with Crippen molar-refractivity contribution in [3.63, 3.8) is 0 Å². The summed E-state index contributed by atoms with van der Waals surface area (Å²) in [7, 11) is 1.81. The first kappa shape index (κ1) is 17.4. The molecule has 130 valence electrons. The molecule has 0 atom stereocenters. The zero-order valence-corrected chi connectivity index (χ0v) is 15.7. The number of thioether (sulfide) groups is 1. The highest BCUT2D eigenvalue weighted by Crippen LogP contribution is 2.23. The summed E-state index contributed by atoms with van der Waals surface area (Å²) in [5, 5.41) is 5.16. The van der Waals surface area contributed by atoms with Crippen LogP contribution < -0.4 is 0 Å². The van der Waals surface area contributed by atoms with Crippen LogP contribution in [0.1, 0.15) is 34.2 Å². The van der Waals surface area contributed by atoms with Crippen molar-refractivity contribution in [1.29, 1.82) is 0 Å². The van der Waals surface area contributed by atoms with E-state index < -0.39 is 0 Å². The fourth-order valence-corrected chi connectivity index (χ4v) is 3.38. The van der Waals surface area contributed by atoms with Gasteiger partial charge in [0.05, 0.1) is 0 Å². The van der Waals surface area contributed by atoms with Gasteiger partial charge in [0.15, 0.2) is 0 Å². The number of benzene rings is 1. The van der Waals surface area contributed by atoms with Gasteiger partial charge in [0.2, 0.25) is 5.16 Å². The van der Waals surface area contributed by atoms with Crippen molar-refractivity contribution in [2.24, 2.45) is 0 Å². The van der Waals surface area contributed by atoms with Crippen LogP contribution >= 0.6 is 11.8 Å². The molecule has 0 N–H and O–H groups in total. The molecule has 3 rings (SSSR count). The van der Waals surface area contributed by atoms with E-state index in [4.69, 9.17) is 0 Å². The van der Waals surface area contributed by atoms with E-state index in [1.54, 1.807) is 9.42 Å². The maximum Gasteiger partial charge on any atom is 0.253 e. The molecule has 0 saturated heterocycles. The number of amides is 1. The molecule has 7 heteroatoms. The number of aromatic nitrogens is 4. The van der Waals surface area contributed by atoms with Crippen LogP contribution in [0.25, 0.3) is 5.78 Å². The Morgan fingerprint density at radius 3 is 2.76 bits per heavy atom. The molecule has 2 aromatic heterocycles. The second-order valence-corrected chi connectivity index (χ2v) is 6.85. The van der Waals surface area contributed by atoms with E-state index in [0.29, 0.717) is 23.2 Å². The molecule has 25 heavy (non-hydrogen) atoms. The lowest BCUT2D eigenvalue weighted by Crippen LogP contribution is -2.27. The zero-order chi connectivity index (χ0) is 18.0. The number of aryl methyl sites for hydroxylation is 2. The second-order valence-electron chi connectivity index (χ2n) is 5.91. The molecule has 0 bridgehead atoms. The summed E-state index contributed by atoms with van der Waals surface area (Å²) >= 11 is 1.51. The molecule has 0 aliphatic rings. The standard InChI is InChI=1S/C18H21N5OS/c1-5-22(4)16(24)15-9-7-6-8-14(15)11-25-18-20-17-19-12(2)10-13(3)23(17)21-18/h6-10H,5,11H2,1-4H3. The predicted molar refractivity (Wildman–Crippen MR) is 98.9 cm³/mol. The molecule has 0 unspecified atom stereocenters. The first-order valence-corrected chi connectivity index (χ1v) is 9.15. The number of fused-ring (bicyclic) bond motifs is 1. The van der Waals surface area contributed by atoms with Crippen molar-refractivity contribution >= 4 is 23.4 Å². The number of carbonyl (C=O) groups is 1. The van der Waals surface area contributed by atoms with Crippen LogP contribution in [0.15, 0.2) is 35.5 Å². The number of carbonyl (C=O) groups excluding carboxylic acids is 1. The van der Waals surface area contributed by atoms with E-state index >= 15 is 0 Å². The van der Waals surface area contributed by atoms with Gasteiger partial charge in [0.25, 0.3) is 11.7 Å². The molecule has 0 saturated carbocycles. The maximum atomic E-state index is 12.5. The summed E-state index contributed by atoms with van der Waals surface area (Å²) in [6, 6.07) is 9.67. The molecule has 0 aliphatic carbocycles. The molecule has 0 radical (unpaired) electrons. The molecule has 6 nitrogen and oxygen atoms in total. The van der Waals surface area contributed by atoms with E-state index in [-0.39, 0.29) is 5.91 Å². The van der Waals surface area contributed by atoms with Crippen LogP contribution in [0.5, 0.6) is 0 Å². The lowest BCUT2D eigenvalue weighted by Gasteiger charge is -2.16. The summed E-state index contributed by atoms with van der Waals surface area (Å²) in [5.74, 6) is 1.28. The van der Waals surface area contributed by atoms with Gasteiger partial charge in [-0.15, -0.1) is 5.10 Å². The third-order valence-corrected chi connectivity index (χ3v) is 4.91. The quantitative estimate of drug-likeness (QED) is 0.658. The topological polar surface area (TPSA) is 63.4 Å². The lowest BCUT2D eigenvalue weighted by atomic mass is 10.1. The van der Waals surface area contributed by atoms with Crippen molar-refractivity contribution < 1.29 is 4.79 Å². The van der Waals surface area contributed by atoms with Crippen molar-refractivity contribution in [3.8, 4) is 0 Å². The highest BCUT2D eigenvalue weighted by atomic mass is 32.2. The number of hydrogen-bond acceptors (Lipinski definition) is 5. The Hall–Kier alpha value is -2.41. The average molecular weight is 355 g/mol. The van der Waals surface area contributed by atoms with Crippen molar-refractivity contribution in [2.45, 2.75) is 31.7 Å². The number of hydrogen-bond donors (Lipinski definition) is 0. The van der Waals surface area contributed by atoms with Crippen LogP contribution in [0, 0.1) is 13.8 Å². The summed E-state index contributed by atoms with van der Waals surface area (Å²) < 4.78 is 1.75. The zero-order valence-electron chi connectivity index (χ0n) is 14.9. The summed E-state index contributed by atoms with van der Waals surface area (Å²) in [6.45, 7) is 6.58. The van der Waals surface area contributed by atoms with Crippen LogP contribution in [0.4, 0.5) is 0 Å². The lowest BCUT2D eigenvalue weighted by molar-refractivity contribution is 0.0801. The fourth-order valence-electron chi connectivity index (χ4n) is 2.56. The minimum absolute atomic E-state index is 0.0368. The first-order chi connectivity index (χ1) is 12.0. The van der Waals surface area contributed by atoms with Crippen molar-refractivity contribution in [1.82, 2.24) is 24.5 Å². The van der Waals surface area contributed by atoms with E-state index in [2.05, 4.69) is 15.1 Å². The average Bonchev–Trinajstić information content (AvgIpc) is 3.02. The van der Waals surface area contributed by atoms with Gasteiger partial charge in [0, 0.05) is 36.3 Å². The van der Waals surface area contributed by atoms with Gasteiger partial charge in [-0.25, -0.2) is 9.50 Å². The molecular weight excluding hydrogens is 334 g/mol. The van der Waals surface area contributed by atoms with Gasteiger partial charge in [-0.1, -0.05) is 30.0 Å². The monoisotopic (exact) mass is 355 g/mol. The number of nitrogens with zero attached hydrogens (tertiary/aromatic N) is 5. The van der Waals surface area contributed by atoms with Crippen molar-refractivity contribution in [3.05, 3.63) is 52.8 Å². The minimum atomic E-state index is 0.0368. The van der Waals surface area contributed by atoms with E-state index in [1.165, 1.54) is 11.8 Å². The molecule has 1 aromatic carbocycles. The van der Waals surface area contributed by atoms with Gasteiger partial charge < -0.3 is 4.90 Å². The predicted octanol–water partition coefficient (Wildman–Crippen LogP) is 3.13. The largest absolute Gasteiger partial charge is 0.342 e. The van der Waals surface area contributed by atoms with Gasteiger partial charge in [0.1, 0.15) is 0 Å². The Kier molecular flexibility index (Phi) is 5.03. The summed E-state index contributed by atoms with van der Waals surface area (Å²) in [5.41, 5.74) is 3.64. The van der Waals surface area contributed by atoms with E-state index in [0.717, 1.165) is 22.5 Å². The van der Waals surface area contributed by atoms with Gasteiger partial charge >= 0.3 is 0 Å². The second kappa shape index (κ2) is 7.23. The Bertz CT molecular complexity index is 921. The highest BCUT2D eigenvalue weighted by molar-refractivity contribution is 7.98. The number of rotatable bonds is 5. The van der Waals surface area contributed by atoms with Crippen LogP contribution in [-0.4, -0.2) is 44.0 Å². The molecule has 0 spiro atoms. The Labute approximate surface area is 151 Å². The van der Waals surface area contributed by atoms with E-state index in [9.17, 15) is 4.79 Å². The Balaban J connectivity index is 1.83. The first-order valence-electron chi connectivity index (χ1n) is 8.16. The Morgan fingerprint density at radius 2 is 2.00 bits per heavy atom. The fraction of sp³-hybridized carbons (Fsp3) is 0.333. The SMILES string of the molecule is CCN(C)C(=O)c1ccccc1CSc1nc2nc(C)cc(C)n2n1. The summed E-state index contributed by atoms with van der Waals surface area (Å²) in [4.78, 5) is 23.1. The molecule has 2 heterocycles. The van der Waals surface area contributed by atoms with Crippen molar-refractivity contribution in [2.75, 3.05) is 13.6 Å². The Morgan fingerprint density at radius 1 is 1.24 bits per heavy atom. The molecule has 0 fully saturated rings. The highest BCUT2D eigenvalue weighted by Gasteiger charge is 2.15. The minimum Gasteiger partial charge on any atom is -0.342 e. The normalized spacial score (nSPS) is 11.0. The van der Waals surface area contributed by atoms with Crippen LogP contribution in [-0.2, 0) is 5.75 Å². The molecule has 3 aromatic rings. The van der Waals surface area contributed by atoms with Crippen LogP contribution in [0.3, 0.4) is 0 Å². The van der Waals surface area contributed by atoms with Crippen LogP contribution in [0.2, 0.25) is 0 Å². The molecular formula is C18H21N5OS. The van der Waals surface area contributed by atoms with Gasteiger partial charge in [-0.2, -0.15) is 4.98 Å². The van der Waals surface area contributed by atoms with E-state index in [1.807, 2.05) is 58.2 Å². The van der Waals surface area contributed by atoms with Gasteiger partial charge in [-0.05, 0) is 38.5 Å². The summed E-state index contributed by atoms with van der Waals surface area (Å²) in [6.07, 6.45) is 0. The maximum absolute atomic E-state index is 12.5. The third kappa shape index (κ3) is 3.66. The third-order valence-electron chi connectivity index (χ3n) is 4.02. The molecule has 1 amide bonds. The molecule has 0 aliphatic heterocycles.